The molecule has 2 aromatic rings. The molecule has 2 aromatic heterocycles. The highest BCUT2D eigenvalue weighted by atomic mass is 79.9. The third kappa shape index (κ3) is 1.35. The fourth-order valence-corrected chi connectivity index (χ4v) is 1.38. The molecule has 0 spiro atoms. The smallest absolute Gasteiger partial charge is 0.275 e. The Morgan fingerprint density at radius 2 is 2.00 bits per heavy atom. The quantitative estimate of drug-likeness (QED) is 0.732. The van der Waals surface area contributed by atoms with Gasteiger partial charge in [0.1, 0.15) is 0 Å². The minimum atomic E-state index is -4.51. The highest BCUT2D eigenvalue weighted by Gasteiger charge is 2.37. The molecule has 14 heavy (non-hydrogen) atoms. The maximum Gasteiger partial charge on any atom is 0.452 e. The minimum Gasteiger partial charge on any atom is -0.275 e. The molecule has 0 saturated carbocycles. The largest absolute Gasteiger partial charge is 0.452 e. The van der Waals surface area contributed by atoms with Crippen LogP contribution in [-0.4, -0.2) is 19.6 Å². The lowest BCUT2D eigenvalue weighted by atomic mass is 10.5. The van der Waals surface area contributed by atoms with E-state index in [1.165, 1.54) is 6.20 Å². The number of hydrogen-bond donors (Lipinski definition) is 0. The van der Waals surface area contributed by atoms with E-state index in [4.69, 9.17) is 0 Å². The van der Waals surface area contributed by atoms with Gasteiger partial charge in [-0.2, -0.15) is 13.2 Å². The SMILES string of the molecule is FC(F)(F)c1nnc2c(Br)nccn12. The van der Waals surface area contributed by atoms with Gasteiger partial charge in [0.15, 0.2) is 10.3 Å². The third-order valence-corrected chi connectivity index (χ3v) is 2.10. The minimum absolute atomic E-state index is 0.0415. The Labute approximate surface area is 83.9 Å². The van der Waals surface area contributed by atoms with Crippen molar-refractivity contribution < 1.29 is 13.2 Å². The Morgan fingerprint density at radius 3 is 2.64 bits per heavy atom. The van der Waals surface area contributed by atoms with Crippen molar-refractivity contribution in [3.05, 3.63) is 22.8 Å². The highest BCUT2D eigenvalue weighted by Crippen LogP contribution is 2.28. The third-order valence-electron chi connectivity index (χ3n) is 1.54. The Balaban J connectivity index is 2.76. The number of halogens is 4. The second-order valence-electron chi connectivity index (χ2n) is 2.43. The van der Waals surface area contributed by atoms with Crippen LogP contribution in [0.25, 0.3) is 5.65 Å². The van der Waals surface area contributed by atoms with Crippen LogP contribution in [0.4, 0.5) is 13.2 Å². The van der Waals surface area contributed by atoms with Gasteiger partial charge in [0.2, 0.25) is 5.82 Å². The summed E-state index contributed by atoms with van der Waals surface area (Å²) in [4.78, 5) is 3.73. The molecular weight excluding hydrogens is 265 g/mol. The first-order valence-electron chi connectivity index (χ1n) is 3.42. The molecule has 8 heteroatoms. The molecule has 0 amide bonds. The van der Waals surface area contributed by atoms with Crippen LogP contribution < -0.4 is 0 Å². The number of rotatable bonds is 0. The Hall–Kier alpha value is -1.18. The Morgan fingerprint density at radius 1 is 1.29 bits per heavy atom. The van der Waals surface area contributed by atoms with Crippen LogP contribution in [0.3, 0.4) is 0 Å². The first-order valence-corrected chi connectivity index (χ1v) is 4.22. The molecule has 0 fully saturated rings. The number of hydrogen-bond acceptors (Lipinski definition) is 3. The van der Waals surface area contributed by atoms with E-state index in [1.54, 1.807) is 0 Å². The molecule has 0 aromatic carbocycles. The topological polar surface area (TPSA) is 43.1 Å². The summed E-state index contributed by atoms with van der Waals surface area (Å²) in [7, 11) is 0. The molecule has 2 heterocycles. The molecule has 0 aliphatic carbocycles. The Kier molecular flexibility index (Phi) is 1.95. The van der Waals surface area contributed by atoms with E-state index in [1.807, 2.05) is 0 Å². The van der Waals surface area contributed by atoms with E-state index in [0.717, 1.165) is 10.6 Å². The van der Waals surface area contributed by atoms with Crippen molar-refractivity contribution in [3.8, 4) is 0 Å². The number of fused-ring (bicyclic) bond motifs is 1. The maximum absolute atomic E-state index is 12.3. The maximum atomic E-state index is 12.3. The normalized spacial score (nSPS) is 12.3. The van der Waals surface area contributed by atoms with E-state index in [0.29, 0.717) is 0 Å². The molecule has 0 aliphatic rings. The van der Waals surface area contributed by atoms with Crippen LogP contribution in [0, 0.1) is 0 Å². The zero-order valence-electron chi connectivity index (χ0n) is 6.46. The van der Waals surface area contributed by atoms with Crippen LogP contribution in [0.1, 0.15) is 5.82 Å². The van der Waals surface area contributed by atoms with Crippen molar-refractivity contribution in [2.24, 2.45) is 0 Å². The molecule has 0 bridgehead atoms. The van der Waals surface area contributed by atoms with Crippen molar-refractivity contribution in [2.75, 3.05) is 0 Å². The van der Waals surface area contributed by atoms with Crippen LogP contribution in [0.2, 0.25) is 0 Å². The van der Waals surface area contributed by atoms with Crippen LogP contribution >= 0.6 is 15.9 Å². The summed E-state index contributed by atoms with van der Waals surface area (Å²) < 4.78 is 38.0. The molecule has 0 atom stereocenters. The summed E-state index contributed by atoms with van der Waals surface area (Å²) in [5.41, 5.74) is 0.0415. The van der Waals surface area contributed by atoms with E-state index < -0.39 is 12.0 Å². The van der Waals surface area contributed by atoms with Gasteiger partial charge < -0.3 is 0 Å². The number of alkyl halides is 3. The lowest BCUT2D eigenvalue weighted by Gasteiger charge is -2.02. The van der Waals surface area contributed by atoms with Crippen molar-refractivity contribution in [1.29, 1.82) is 0 Å². The van der Waals surface area contributed by atoms with Gasteiger partial charge in [-0.1, -0.05) is 0 Å². The predicted octanol–water partition coefficient (Wildman–Crippen LogP) is 1.91. The van der Waals surface area contributed by atoms with Crippen molar-refractivity contribution >= 4 is 21.6 Å². The summed E-state index contributed by atoms with van der Waals surface area (Å²) in [6.07, 6.45) is -2.13. The van der Waals surface area contributed by atoms with Gasteiger partial charge >= 0.3 is 6.18 Å². The van der Waals surface area contributed by atoms with Gasteiger partial charge in [-0.15, -0.1) is 10.2 Å². The van der Waals surface area contributed by atoms with Crippen molar-refractivity contribution in [1.82, 2.24) is 19.6 Å². The van der Waals surface area contributed by atoms with Gasteiger partial charge in [0, 0.05) is 12.4 Å². The fourth-order valence-electron chi connectivity index (χ4n) is 0.990. The first kappa shape index (κ1) is 9.38. The first-order chi connectivity index (χ1) is 6.50. The average molecular weight is 267 g/mol. The summed E-state index contributed by atoms with van der Waals surface area (Å²) in [5.74, 6) is -1.06. The predicted molar refractivity (Wildman–Crippen MR) is 43.5 cm³/mol. The van der Waals surface area contributed by atoms with Crippen molar-refractivity contribution in [3.63, 3.8) is 0 Å². The van der Waals surface area contributed by atoms with Crippen LogP contribution in [0.5, 0.6) is 0 Å². The van der Waals surface area contributed by atoms with Gasteiger partial charge in [-0.25, -0.2) is 4.98 Å². The number of nitrogens with zero attached hydrogens (tertiary/aromatic N) is 4. The van der Waals surface area contributed by atoms with Crippen LogP contribution in [-0.2, 0) is 6.18 Å². The van der Waals surface area contributed by atoms with E-state index >= 15 is 0 Å². The summed E-state index contributed by atoms with van der Waals surface area (Å²) >= 11 is 2.98. The van der Waals surface area contributed by atoms with Crippen LogP contribution in [0.15, 0.2) is 17.0 Å². The molecule has 0 saturated heterocycles. The molecule has 74 valence electrons. The fraction of sp³-hybridized carbons (Fsp3) is 0.167. The van der Waals surface area contributed by atoms with Gasteiger partial charge in [0.05, 0.1) is 0 Å². The monoisotopic (exact) mass is 266 g/mol. The molecule has 0 aliphatic heterocycles. The molecule has 0 N–H and O–H groups in total. The van der Waals surface area contributed by atoms with E-state index in [-0.39, 0.29) is 10.3 Å². The molecule has 0 radical (unpaired) electrons. The second kappa shape index (κ2) is 2.91. The van der Waals surface area contributed by atoms with E-state index in [9.17, 15) is 13.2 Å². The number of aromatic nitrogens is 4. The molecule has 0 unspecified atom stereocenters. The van der Waals surface area contributed by atoms with E-state index in [2.05, 4.69) is 31.1 Å². The standard InChI is InChI=1S/C6H2BrF3N4/c7-3-4-12-13-5(6(8,9)10)14(4)2-1-11-3/h1-2H. The lowest BCUT2D eigenvalue weighted by Crippen LogP contribution is -2.10. The van der Waals surface area contributed by atoms with Gasteiger partial charge in [0.25, 0.3) is 0 Å². The van der Waals surface area contributed by atoms with Gasteiger partial charge in [-0.05, 0) is 15.9 Å². The molecule has 2 rings (SSSR count). The lowest BCUT2D eigenvalue weighted by molar-refractivity contribution is -0.145. The van der Waals surface area contributed by atoms with Crippen molar-refractivity contribution in [2.45, 2.75) is 6.18 Å². The summed E-state index contributed by atoms with van der Waals surface area (Å²) in [5, 5.41) is 6.41. The average Bonchev–Trinajstić information content (AvgIpc) is 2.47. The summed E-state index contributed by atoms with van der Waals surface area (Å²) in [6.45, 7) is 0. The second-order valence-corrected chi connectivity index (χ2v) is 3.18. The molecular formula is C6H2BrF3N4. The Bertz CT molecular complexity index is 477. The molecule has 4 nitrogen and oxygen atoms in total. The highest BCUT2D eigenvalue weighted by molar-refractivity contribution is 9.10. The summed E-state index contributed by atoms with van der Waals surface area (Å²) in [6, 6.07) is 0. The zero-order valence-corrected chi connectivity index (χ0v) is 8.04. The zero-order chi connectivity index (χ0) is 10.3. The van der Waals surface area contributed by atoms with Gasteiger partial charge in [-0.3, -0.25) is 4.40 Å².